The third kappa shape index (κ3) is 3.94. The van der Waals surface area contributed by atoms with Crippen molar-refractivity contribution in [3.05, 3.63) is 53.3 Å². The van der Waals surface area contributed by atoms with Crippen LogP contribution in [-0.2, 0) is 4.79 Å². The first-order valence-corrected chi connectivity index (χ1v) is 6.47. The van der Waals surface area contributed by atoms with Gasteiger partial charge in [0.1, 0.15) is 11.5 Å². The van der Waals surface area contributed by atoms with E-state index >= 15 is 0 Å². The van der Waals surface area contributed by atoms with Crippen LogP contribution in [0.1, 0.15) is 5.76 Å². The number of furan rings is 1. The smallest absolute Gasteiger partial charge is 0.250 e. The van der Waals surface area contributed by atoms with E-state index in [0.29, 0.717) is 16.5 Å². The van der Waals surface area contributed by atoms with Gasteiger partial charge in [-0.15, -0.1) is 0 Å². The third-order valence-electron chi connectivity index (χ3n) is 2.38. The van der Waals surface area contributed by atoms with Gasteiger partial charge in [0, 0.05) is 16.7 Å². The SMILES string of the molecule is NC(=S)NC(=O)/C=C/c1ccc(-c2cccc(Cl)c2)o1. The molecule has 3 N–H and O–H groups in total. The van der Waals surface area contributed by atoms with Gasteiger partial charge in [0.15, 0.2) is 5.11 Å². The van der Waals surface area contributed by atoms with Gasteiger partial charge in [0.25, 0.3) is 0 Å². The van der Waals surface area contributed by atoms with Crippen LogP contribution in [0.25, 0.3) is 17.4 Å². The fraction of sp³-hybridized carbons (Fsp3) is 0. The van der Waals surface area contributed by atoms with Gasteiger partial charge in [0.2, 0.25) is 5.91 Å². The van der Waals surface area contributed by atoms with Crippen molar-refractivity contribution in [3.8, 4) is 11.3 Å². The molecule has 6 heteroatoms. The summed E-state index contributed by atoms with van der Waals surface area (Å²) in [5, 5.41) is 2.84. The van der Waals surface area contributed by atoms with Gasteiger partial charge in [-0.05, 0) is 42.6 Å². The second kappa shape index (κ2) is 6.36. The van der Waals surface area contributed by atoms with E-state index in [1.54, 1.807) is 24.3 Å². The van der Waals surface area contributed by atoms with Crippen LogP contribution >= 0.6 is 23.8 Å². The minimum Gasteiger partial charge on any atom is -0.457 e. The Hall–Kier alpha value is -2.11. The Morgan fingerprint density at radius 1 is 1.35 bits per heavy atom. The average Bonchev–Trinajstić information content (AvgIpc) is 2.84. The number of carbonyl (C=O) groups is 1. The van der Waals surface area contributed by atoms with Crippen molar-refractivity contribution >= 4 is 40.9 Å². The zero-order valence-corrected chi connectivity index (χ0v) is 11.9. The molecule has 0 aliphatic rings. The Bertz CT molecular complexity index is 679. The van der Waals surface area contributed by atoms with Crippen molar-refractivity contribution in [1.82, 2.24) is 5.32 Å². The molecular weight excluding hydrogens is 296 g/mol. The summed E-state index contributed by atoms with van der Waals surface area (Å²) in [6.07, 6.45) is 2.82. The van der Waals surface area contributed by atoms with Gasteiger partial charge in [-0.2, -0.15) is 0 Å². The lowest BCUT2D eigenvalue weighted by molar-refractivity contribution is -0.115. The summed E-state index contributed by atoms with van der Waals surface area (Å²) >= 11 is 10.5. The van der Waals surface area contributed by atoms with Gasteiger partial charge in [-0.3, -0.25) is 10.1 Å². The maximum Gasteiger partial charge on any atom is 0.250 e. The topological polar surface area (TPSA) is 68.3 Å². The maximum absolute atomic E-state index is 11.3. The highest BCUT2D eigenvalue weighted by Crippen LogP contribution is 2.25. The summed E-state index contributed by atoms with van der Waals surface area (Å²) in [5.74, 6) is 0.804. The van der Waals surface area contributed by atoms with Gasteiger partial charge >= 0.3 is 0 Å². The van der Waals surface area contributed by atoms with E-state index in [9.17, 15) is 4.79 Å². The van der Waals surface area contributed by atoms with Crippen LogP contribution in [0, 0.1) is 0 Å². The second-order valence-electron chi connectivity index (χ2n) is 3.90. The molecule has 0 bridgehead atoms. The standard InChI is InChI=1S/C14H11ClN2O2S/c15-10-3-1-2-9(8-10)12-6-4-11(19-12)5-7-13(18)17-14(16)20/h1-8H,(H3,16,17,18,20)/b7-5+. The van der Waals surface area contributed by atoms with Crippen LogP contribution in [0.3, 0.4) is 0 Å². The number of thiocarbonyl (C=S) groups is 1. The van der Waals surface area contributed by atoms with Crippen molar-refractivity contribution in [3.63, 3.8) is 0 Å². The van der Waals surface area contributed by atoms with Crippen molar-refractivity contribution < 1.29 is 9.21 Å². The number of amides is 1. The Labute approximate surface area is 126 Å². The highest BCUT2D eigenvalue weighted by molar-refractivity contribution is 7.80. The molecule has 0 saturated carbocycles. The van der Waals surface area contributed by atoms with Gasteiger partial charge in [-0.25, -0.2) is 0 Å². The molecule has 102 valence electrons. The van der Waals surface area contributed by atoms with E-state index in [0.717, 1.165) is 5.56 Å². The molecule has 4 nitrogen and oxygen atoms in total. The van der Waals surface area contributed by atoms with Crippen LogP contribution < -0.4 is 11.1 Å². The lowest BCUT2D eigenvalue weighted by Crippen LogP contribution is -2.33. The number of hydrogen-bond donors (Lipinski definition) is 2. The second-order valence-corrected chi connectivity index (χ2v) is 4.78. The molecule has 1 heterocycles. The zero-order chi connectivity index (χ0) is 14.5. The Morgan fingerprint density at radius 3 is 2.85 bits per heavy atom. The lowest BCUT2D eigenvalue weighted by Gasteiger charge is -1.97. The van der Waals surface area contributed by atoms with Gasteiger partial charge < -0.3 is 10.2 Å². The molecule has 2 rings (SSSR count). The van der Waals surface area contributed by atoms with Crippen LogP contribution in [-0.4, -0.2) is 11.0 Å². The predicted molar refractivity (Wildman–Crippen MR) is 83.1 cm³/mol. The number of rotatable bonds is 3. The number of nitrogens with two attached hydrogens (primary N) is 1. The maximum atomic E-state index is 11.3. The highest BCUT2D eigenvalue weighted by Gasteiger charge is 2.04. The zero-order valence-electron chi connectivity index (χ0n) is 10.3. The highest BCUT2D eigenvalue weighted by atomic mass is 35.5. The Balaban J connectivity index is 2.11. The molecule has 0 spiro atoms. The van der Waals surface area contributed by atoms with E-state index in [1.165, 1.54) is 12.2 Å². The fourth-order valence-electron chi connectivity index (χ4n) is 1.56. The summed E-state index contributed by atoms with van der Waals surface area (Å²) in [4.78, 5) is 11.3. The largest absolute Gasteiger partial charge is 0.457 e. The number of benzene rings is 1. The first kappa shape index (κ1) is 14.3. The number of halogens is 1. The molecule has 0 aliphatic heterocycles. The summed E-state index contributed by atoms with van der Waals surface area (Å²) < 4.78 is 5.59. The summed E-state index contributed by atoms with van der Waals surface area (Å²) in [7, 11) is 0. The third-order valence-corrected chi connectivity index (χ3v) is 2.72. The molecular formula is C14H11ClN2O2S. The normalized spacial score (nSPS) is 10.7. The fourth-order valence-corrected chi connectivity index (χ4v) is 1.85. The van der Waals surface area contributed by atoms with E-state index in [-0.39, 0.29) is 5.11 Å². The van der Waals surface area contributed by atoms with Crippen molar-refractivity contribution in [1.29, 1.82) is 0 Å². The molecule has 1 amide bonds. The monoisotopic (exact) mass is 306 g/mol. The van der Waals surface area contributed by atoms with E-state index in [2.05, 4.69) is 17.5 Å². The molecule has 0 unspecified atom stereocenters. The minimum atomic E-state index is -0.404. The molecule has 0 saturated heterocycles. The quantitative estimate of drug-likeness (QED) is 0.676. The summed E-state index contributed by atoms with van der Waals surface area (Å²) in [6, 6.07) is 10.9. The Morgan fingerprint density at radius 2 is 2.15 bits per heavy atom. The number of hydrogen-bond acceptors (Lipinski definition) is 3. The molecule has 1 aromatic carbocycles. The molecule has 1 aromatic heterocycles. The summed E-state index contributed by atoms with van der Waals surface area (Å²) in [6.45, 7) is 0. The average molecular weight is 307 g/mol. The summed E-state index contributed by atoms with van der Waals surface area (Å²) in [5.41, 5.74) is 6.05. The van der Waals surface area contributed by atoms with Crippen LogP contribution in [0.15, 0.2) is 46.9 Å². The number of carbonyl (C=O) groups excluding carboxylic acids is 1. The van der Waals surface area contributed by atoms with E-state index in [1.807, 2.05) is 12.1 Å². The lowest BCUT2D eigenvalue weighted by atomic mass is 10.2. The predicted octanol–water partition coefficient (Wildman–Crippen LogP) is 2.97. The van der Waals surface area contributed by atoms with Gasteiger partial charge in [0.05, 0.1) is 0 Å². The molecule has 0 atom stereocenters. The van der Waals surface area contributed by atoms with Gasteiger partial charge in [-0.1, -0.05) is 23.7 Å². The molecule has 0 aliphatic carbocycles. The van der Waals surface area contributed by atoms with E-state index < -0.39 is 5.91 Å². The number of nitrogens with one attached hydrogen (secondary N) is 1. The molecule has 2 aromatic rings. The molecule has 0 radical (unpaired) electrons. The first-order chi connectivity index (χ1) is 9.54. The van der Waals surface area contributed by atoms with Crippen LogP contribution in [0.4, 0.5) is 0 Å². The van der Waals surface area contributed by atoms with Crippen molar-refractivity contribution in [2.45, 2.75) is 0 Å². The van der Waals surface area contributed by atoms with Crippen molar-refractivity contribution in [2.75, 3.05) is 0 Å². The van der Waals surface area contributed by atoms with Crippen LogP contribution in [0.2, 0.25) is 5.02 Å². The Kier molecular flexibility index (Phi) is 4.55. The van der Waals surface area contributed by atoms with E-state index in [4.69, 9.17) is 21.8 Å². The minimum absolute atomic E-state index is 0.0706. The van der Waals surface area contributed by atoms with Crippen molar-refractivity contribution in [2.24, 2.45) is 5.73 Å². The molecule has 0 fully saturated rings. The first-order valence-electron chi connectivity index (χ1n) is 5.69. The van der Waals surface area contributed by atoms with Crippen LogP contribution in [0.5, 0.6) is 0 Å². The molecule has 20 heavy (non-hydrogen) atoms.